The van der Waals surface area contributed by atoms with Gasteiger partial charge in [-0.1, -0.05) is 37.8 Å². The summed E-state index contributed by atoms with van der Waals surface area (Å²) in [7, 11) is 1.58. The molecule has 11 heteroatoms. The van der Waals surface area contributed by atoms with Crippen LogP contribution in [0, 0.1) is 6.92 Å². The first kappa shape index (κ1) is 37.9. The van der Waals surface area contributed by atoms with Gasteiger partial charge in [0.05, 0.1) is 24.7 Å². The summed E-state index contributed by atoms with van der Waals surface area (Å²) >= 11 is 9.66. The first-order valence-corrected chi connectivity index (χ1v) is 19.5. The van der Waals surface area contributed by atoms with Gasteiger partial charge in [-0.3, -0.25) is 23.9 Å². The molecule has 0 saturated heterocycles. The number of hydrogen-bond donors (Lipinski definition) is 2. The van der Waals surface area contributed by atoms with Crippen molar-refractivity contribution in [1.82, 2.24) is 14.8 Å². The Bertz CT molecular complexity index is 1930. The number of esters is 1. The van der Waals surface area contributed by atoms with Gasteiger partial charge >= 0.3 is 5.97 Å². The van der Waals surface area contributed by atoms with Gasteiger partial charge in [-0.2, -0.15) is 0 Å². The van der Waals surface area contributed by atoms with Crippen LogP contribution in [0.4, 0.5) is 5.69 Å². The lowest BCUT2D eigenvalue weighted by Crippen LogP contribution is -2.39. The van der Waals surface area contributed by atoms with E-state index in [0.717, 1.165) is 34.1 Å². The number of ether oxygens (including phenoxy) is 2. The van der Waals surface area contributed by atoms with Gasteiger partial charge in [0.15, 0.2) is 0 Å². The maximum atomic E-state index is 13.7. The number of amides is 1. The minimum absolute atomic E-state index is 0.0115. The van der Waals surface area contributed by atoms with Crippen LogP contribution >= 0.6 is 27.5 Å². The molecule has 1 heterocycles. The highest BCUT2D eigenvalue weighted by molar-refractivity contribution is 9.10. The third-order valence-corrected chi connectivity index (χ3v) is 11.7. The zero-order valence-corrected chi connectivity index (χ0v) is 32.5. The number of nitrogens with two attached hydrogens (primary N) is 1. The second kappa shape index (κ2) is 16.9. The van der Waals surface area contributed by atoms with Crippen molar-refractivity contribution in [1.29, 1.82) is 0 Å². The van der Waals surface area contributed by atoms with E-state index in [9.17, 15) is 14.4 Å². The number of aromatic nitrogens is 1. The van der Waals surface area contributed by atoms with Crippen molar-refractivity contribution in [3.63, 3.8) is 0 Å². The van der Waals surface area contributed by atoms with Crippen LogP contribution in [0.15, 0.2) is 59.1 Å². The van der Waals surface area contributed by atoms with Crippen LogP contribution in [0.5, 0.6) is 5.75 Å². The molecule has 276 valence electrons. The molecule has 2 saturated carbocycles. The van der Waals surface area contributed by atoms with E-state index in [4.69, 9.17) is 26.8 Å². The molecule has 3 aromatic carbocycles. The third kappa shape index (κ3) is 8.50. The number of methoxy groups -OCH3 is 1. The molecule has 4 aromatic rings. The summed E-state index contributed by atoms with van der Waals surface area (Å²) in [5, 5.41) is 4.52. The van der Waals surface area contributed by atoms with Gasteiger partial charge in [0.1, 0.15) is 11.9 Å². The number of carbonyl (C=O) groups excluding carboxylic acids is 3. The Hall–Kier alpha value is -3.86. The van der Waals surface area contributed by atoms with Crippen LogP contribution < -0.4 is 15.8 Å². The fourth-order valence-corrected chi connectivity index (χ4v) is 8.49. The average Bonchev–Trinajstić information content (AvgIpc) is 3.42. The van der Waals surface area contributed by atoms with Crippen molar-refractivity contribution in [3.8, 4) is 5.75 Å². The van der Waals surface area contributed by atoms with Gasteiger partial charge in [0.25, 0.3) is 11.8 Å². The number of nitrogens with one attached hydrogen (secondary N) is 1. The highest BCUT2D eigenvalue weighted by atomic mass is 79.9. The lowest BCUT2D eigenvalue weighted by molar-refractivity contribution is -0.149. The van der Waals surface area contributed by atoms with E-state index in [-0.39, 0.29) is 36.4 Å². The van der Waals surface area contributed by atoms with E-state index in [0.29, 0.717) is 70.5 Å². The summed E-state index contributed by atoms with van der Waals surface area (Å²) in [5.74, 6) is -0.0682. The Balaban J connectivity index is 1.07. The zero-order chi connectivity index (χ0) is 36.9. The molecule has 52 heavy (non-hydrogen) atoms. The van der Waals surface area contributed by atoms with Crippen LogP contribution in [0.25, 0.3) is 10.9 Å². The van der Waals surface area contributed by atoms with Crippen LogP contribution in [-0.4, -0.2) is 59.1 Å². The molecule has 0 spiro atoms. The molecule has 0 radical (unpaired) electrons. The van der Waals surface area contributed by atoms with Gasteiger partial charge in [-0.25, -0.2) is 0 Å². The standard InChI is InChI=1S/C41H48BrClN4O5/c1-4-46(31-8-6-5-7-9-31)24-28-20-27(21-36(42)39(28)44)40(49)45-30-14-16-32(17-15-30)52-38(48)23-34-25(2)47(37-19-18-33(51-3)22-35(34)37)41(50)26-10-12-29(43)13-11-26/h10-13,18-22,30-32H,4-9,14-17,23-24,44H2,1-3H3,(H,45,49)/t30-,32-. The number of halogens is 2. The Morgan fingerprint density at radius 3 is 2.35 bits per heavy atom. The molecule has 2 aliphatic carbocycles. The summed E-state index contributed by atoms with van der Waals surface area (Å²) in [6.45, 7) is 5.69. The van der Waals surface area contributed by atoms with Gasteiger partial charge in [-0.05, 0) is 134 Å². The summed E-state index contributed by atoms with van der Waals surface area (Å²) in [6.07, 6.45) is 8.68. The second-order valence-corrected chi connectivity index (χ2v) is 15.4. The van der Waals surface area contributed by atoms with Gasteiger partial charge in [0, 0.05) is 50.3 Å². The topological polar surface area (TPSA) is 116 Å². The summed E-state index contributed by atoms with van der Waals surface area (Å²) < 4.78 is 13.8. The first-order valence-electron chi connectivity index (χ1n) is 18.4. The van der Waals surface area contributed by atoms with Crippen molar-refractivity contribution in [2.75, 3.05) is 19.4 Å². The Morgan fingerprint density at radius 1 is 0.962 bits per heavy atom. The molecule has 9 nitrogen and oxygen atoms in total. The lowest BCUT2D eigenvalue weighted by atomic mass is 9.92. The van der Waals surface area contributed by atoms with Crippen molar-refractivity contribution in [3.05, 3.63) is 92.0 Å². The number of nitrogens with zero attached hydrogens (tertiary/aromatic N) is 2. The van der Waals surface area contributed by atoms with Gasteiger partial charge < -0.3 is 20.5 Å². The average molecular weight is 792 g/mol. The SMILES string of the molecule is CCN(Cc1cc(C(=O)N[C@H]2CC[C@H](OC(=O)Cc3c(C)n(C(=O)c4ccc(Cl)cc4)c4ccc(OC)cc34)CC2)cc(Br)c1N)C1CCCCC1. The van der Waals surface area contributed by atoms with Crippen molar-refractivity contribution in [2.24, 2.45) is 0 Å². The molecule has 0 bridgehead atoms. The van der Waals surface area contributed by atoms with E-state index in [1.165, 1.54) is 32.1 Å². The predicted molar refractivity (Wildman–Crippen MR) is 209 cm³/mol. The Labute approximate surface area is 319 Å². The number of hydrogen-bond acceptors (Lipinski definition) is 7. The quantitative estimate of drug-likeness (QED) is 0.116. The summed E-state index contributed by atoms with van der Waals surface area (Å²) in [6, 6.07) is 16.5. The molecule has 1 aromatic heterocycles. The van der Waals surface area contributed by atoms with Gasteiger partial charge in [-0.15, -0.1) is 0 Å². The fraction of sp³-hybridized carbons (Fsp3) is 0.439. The molecular formula is C41H48BrClN4O5. The number of benzene rings is 3. The van der Waals surface area contributed by atoms with Gasteiger partial charge in [0.2, 0.25) is 0 Å². The van der Waals surface area contributed by atoms with E-state index in [1.54, 1.807) is 48.1 Å². The molecule has 2 fully saturated rings. The number of carbonyl (C=O) groups is 3. The smallest absolute Gasteiger partial charge is 0.310 e. The maximum absolute atomic E-state index is 13.7. The van der Waals surface area contributed by atoms with Crippen molar-refractivity contribution < 1.29 is 23.9 Å². The van der Waals surface area contributed by atoms with Crippen LogP contribution in [0.1, 0.15) is 102 Å². The molecule has 2 aliphatic rings. The minimum atomic E-state index is -0.356. The second-order valence-electron chi connectivity index (χ2n) is 14.1. The van der Waals surface area contributed by atoms with Crippen LogP contribution in [0.2, 0.25) is 5.02 Å². The number of nitrogen functional groups attached to an aromatic ring is 1. The minimum Gasteiger partial charge on any atom is -0.497 e. The predicted octanol–water partition coefficient (Wildman–Crippen LogP) is 8.63. The van der Waals surface area contributed by atoms with E-state index in [2.05, 4.69) is 33.1 Å². The highest BCUT2D eigenvalue weighted by Crippen LogP contribution is 2.33. The first-order chi connectivity index (χ1) is 25.1. The Kier molecular flexibility index (Phi) is 12.3. The van der Waals surface area contributed by atoms with Crippen LogP contribution in [0.3, 0.4) is 0 Å². The molecule has 0 aliphatic heterocycles. The number of fused-ring (bicyclic) bond motifs is 1. The number of rotatable bonds is 11. The molecular weight excluding hydrogens is 744 g/mol. The van der Waals surface area contributed by atoms with E-state index >= 15 is 0 Å². The summed E-state index contributed by atoms with van der Waals surface area (Å²) in [5.41, 5.74) is 11.3. The molecule has 6 rings (SSSR count). The zero-order valence-electron chi connectivity index (χ0n) is 30.2. The lowest BCUT2D eigenvalue weighted by Gasteiger charge is -2.34. The fourth-order valence-electron chi connectivity index (χ4n) is 7.86. The normalized spacial score (nSPS) is 18.0. The highest BCUT2D eigenvalue weighted by Gasteiger charge is 2.28. The molecule has 3 N–H and O–H groups in total. The molecule has 0 atom stereocenters. The Morgan fingerprint density at radius 2 is 1.67 bits per heavy atom. The molecule has 0 unspecified atom stereocenters. The van der Waals surface area contributed by atoms with E-state index < -0.39 is 0 Å². The maximum Gasteiger partial charge on any atom is 0.310 e. The van der Waals surface area contributed by atoms with E-state index in [1.807, 2.05) is 25.1 Å². The largest absolute Gasteiger partial charge is 0.497 e. The van der Waals surface area contributed by atoms with Crippen molar-refractivity contribution in [2.45, 2.75) is 103 Å². The molecule has 1 amide bonds. The number of anilines is 1. The third-order valence-electron chi connectivity index (χ3n) is 10.8. The monoisotopic (exact) mass is 790 g/mol. The van der Waals surface area contributed by atoms with Crippen LogP contribution in [-0.2, 0) is 22.5 Å². The summed E-state index contributed by atoms with van der Waals surface area (Å²) in [4.78, 5) is 43.0. The van der Waals surface area contributed by atoms with Crippen molar-refractivity contribution >= 4 is 61.9 Å².